The number of rotatable bonds is 1. The predicted octanol–water partition coefficient (Wildman–Crippen LogP) is 3.44. The van der Waals surface area contributed by atoms with Crippen LogP contribution in [0.3, 0.4) is 0 Å². The number of nitriles is 1. The van der Waals surface area contributed by atoms with Crippen LogP contribution in [-0.4, -0.2) is 16.7 Å². The summed E-state index contributed by atoms with van der Waals surface area (Å²) in [5, 5.41) is 13.2. The SMILES string of the molecule is Cc1ccc2c(c1)C1(C(=O)N2)C(C#N)=C(N)N(c2cccnc2)C2=C1C(=O)CC(C)(C)C2. The zero-order valence-electron chi connectivity index (χ0n) is 18.2. The molecule has 1 amide bonds. The largest absolute Gasteiger partial charge is 0.384 e. The van der Waals surface area contributed by atoms with E-state index in [0.717, 1.165) is 5.56 Å². The van der Waals surface area contributed by atoms with Crippen LogP contribution in [0.2, 0.25) is 0 Å². The molecule has 0 saturated carbocycles. The molecule has 3 N–H and O–H groups in total. The maximum absolute atomic E-state index is 13.7. The number of carbonyl (C=O) groups is 2. The standard InChI is InChI=1S/C25H23N5O2/c1-14-6-7-18-16(9-14)25(23(32)29-18)17(12-26)22(27)30(15-5-4-8-28-13-15)19-10-24(2,3)11-20(31)21(19)25/h4-9,13H,10-11,27H2,1-3H3,(H,29,32). The monoisotopic (exact) mass is 425 g/mol. The Labute approximate surface area is 186 Å². The number of hydrogen-bond acceptors (Lipinski definition) is 6. The minimum absolute atomic E-state index is 0.0648. The van der Waals surface area contributed by atoms with Gasteiger partial charge in [0.2, 0.25) is 5.91 Å². The van der Waals surface area contributed by atoms with Crippen molar-refractivity contribution in [1.82, 2.24) is 4.98 Å². The first kappa shape index (κ1) is 20.0. The summed E-state index contributed by atoms with van der Waals surface area (Å²) in [5.74, 6) is -0.409. The van der Waals surface area contributed by atoms with E-state index in [1.54, 1.807) is 23.4 Å². The number of aromatic nitrogens is 1. The molecule has 0 radical (unpaired) electrons. The van der Waals surface area contributed by atoms with Crippen LogP contribution >= 0.6 is 0 Å². The molecule has 7 heteroatoms. The first-order valence-corrected chi connectivity index (χ1v) is 10.5. The predicted molar refractivity (Wildman–Crippen MR) is 120 cm³/mol. The van der Waals surface area contributed by atoms with Crippen LogP contribution in [0.15, 0.2) is 65.4 Å². The lowest BCUT2D eigenvalue weighted by atomic mass is 9.60. The third-order valence-electron chi connectivity index (χ3n) is 6.55. The van der Waals surface area contributed by atoms with Crippen LogP contribution in [-0.2, 0) is 15.0 Å². The molecule has 32 heavy (non-hydrogen) atoms. The van der Waals surface area contributed by atoms with Gasteiger partial charge in [0, 0.05) is 35.1 Å². The third kappa shape index (κ3) is 2.50. The van der Waals surface area contributed by atoms with Crippen LogP contribution in [0.5, 0.6) is 0 Å². The Bertz CT molecular complexity index is 1300. The van der Waals surface area contributed by atoms with Crippen molar-refractivity contribution in [3.8, 4) is 6.07 Å². The Balaban J connectivity index is 1.92. The van der Waals surface area contributed by atoms with E-state index < -0.39 is 11.3 Å². The van der Waals surface area contributed by atoms with Gasteiger partial charge < -0.3 is 11.1 Å². The highest BCUT2D eigenvalue weighted by Crippen LogP contribution is 2.57. The highest BCUT2D eigenvalue weighted by Gasteiger charge is 2.61. The molecular formula is C25H23N5O2. The lowest BCUT2D eigenvalue weighted by molar-refractivity contribution is -0.123. The summed E-state index contributed by atoms with van der Waals surface area (Å²) in [6, 6.07) is 11.4. The van der Waals surface area contributed by atoms with Crippen molar-refractivity contribution in [1.29, 1.82) is 5.26 Å². The molecule has 1 unspecified atom stereocenters. The zero-order chi connectivity index (χ0) is 22.8. The molecule has 160 valence electrons. The van der Waals surface area contributed by atoms with E-state index in [1.807, 2.05) is 45.0 Å². The van der Waals surface area contributed by atoms with Gasteiger partial charge in [0.05, 0.1) is 17.5 Å². The first-order valence-electron chi connectivity index (χ1n) is 10.5. The number of aryl methyl sites for hydroxylation is 1. The van der Waals surface area contributed by atoms with Crippen molar-refractivity contribution in [3.05, 3.63) is 76.5 Å². The molecule has 0 saturated heterocycles. The molecule has 1 aromatic carbocycles. The van der Waals surface area contributed by atoms with Gasteiger partial charge in [0.15, 0.2) is 5.78 Å². The van der Waals surface area contributed by atoms with Crippen LogP contribution in [0, 0.1) is 23.7 Å². The van der Waals surface area contributed by atoms with E-state index in [1.165, 1.54) is 0 Å². The minimum Gasteiger partial charge on any atom is -0.384 e. The maximum Gasteiger partial charge on any atom is 0.245 e. The second-order valence-electron chi connectivity index (χ2n) is 9.43. The van der Waals surface area contributed by atoms with Gasteiger partial charge in [-0.15, -0.1) is 0 Å². The number of allylic oxidation sites excluding steroid dienone is 1. The fraction of sp³-hybridized carbons (Fsp3) is 0.280. The number of benzene rings is 1. The lowest BCUT2D eigenvalue weighted by Crippen LogP contribution is -2.52. The summed E-state index contributed by atoms with van der Waals surface area (Å²) in [6.45, 7) is 5.96. The van der Waals surface area contributed by atoms with Gasteiger partial charge in [-0.2, -0.15) is 5.26 Å². The summed E-state index contributed by atoms with van der Waals surface area (Å²) in [7, 11) is 0. The fourth-order valence-electron chi connectivity index (χ4n) is 5.31. The van der Waals surface area contributed by atoms with Crippen molar-refractivity contribution in [2.75, 3.05) is 10.2 Å². The Kier molecular flexibility index (Phi) is 4.09. The third-order valence-corrected chi connectivity index (χ3v) is 6.55. The molecule has 1 aliphatic carbocycles. The number of nitrogens with zero attached hydrogens (tertiary/aromatic N) is 3. The number of amides is 1. The number of Topliss-reactive ketones (excluding diaryl/α,β-unsaturated/α-hetero) is 1. The van der Waals surface area contributed by atoms with E-state index in [0.29, 0.717) is 34.6 Å². The Morgan fingerprint density at radius 1 is 1.22 bits per heavy atom. The summed E-state index contributed by atoms with van der Waals surface area (Å²) in [6.07, 6.45) is 4.10. The molecule has 1 aromatic heterocycles. The number of carbonyl (C=O) groups excluding carboxylic acids is 2. The number of nitrogens with one attached hydrogen (secondary N) is 1. The van der Waals surface area contributed by atoms with Crippen molar-refractivity contribution in [2.24, 2.45) is 11.1 Å². The minimum atomic E-state index is -1.55. The maximum atomic E-state index is 13.7. The Morgan fingerprint density at radius 3 is 2.69 bits per heavy atom. The van der Waals surface area contributed by atoms with Crippen LogP contribution in [0.25, 0.3) is 0 Å². The van der Waals surface area contributed by atoms with E-state index >= 15 is 0 Å². The molecule has 2 aliphatic heterocycles. The van der Waals surface area contributed by atoms with Crippen LogP contribution in [0.4, 0.5) is 11.4 Å². The quantitative estimate of drug-likeness (QED) is 0.724. The van der Waals surface area contributed by atoms with E-state index in [9.17, 15) is 14.9 Å². The molecule has 0 fully saturated rings. The van der Waals surface area contributed by atoms with Gasteiger partial charge >= 0.3 is 0 Å². The number of ketones is 1. The Morgan fingerprint density at radius 2 is 2.00 bits per heavy atom. The molecule has 1 atom stereocenters. The van der Waals surface area contributed by atoms with Crippen molar-refractivity contribution < 1.29 is 9.59 Å². The molecule has 2 aromatic rings. The molecule has 3 aliphatic rings. The van der Waals surface area contributed by atoms with Gasteiger partial charge in [-0.3, -0.25) is 19.5 Å². The summed E-state index contributed by atoms with van der Waals surface area (Å²) in [5.41, 5.74) is 8.60. The smallest absolute Gasteiger partial charge is 0.245 e. The van der Waals surface area contributed by atoms with E-state index in [4.69, 9.17) is 5.73 Å². The van der Waals surface area contributed by atoms with Crippen molar-refractivity contribution in [2.45, 2.75) is 39.0 Å². The zero-order valence-corrected chi connectivity index (χ0v) is 18.2. The van der Waals surface area contributed by atoms with Crippen molar-refractivity contribution in [3.63, 3.8) is 0 Å². The molecule has 0 bridgehead atoms. The average Bonchev–Trinajstić information content (AvgIpc) is 3.00. The lowest BCUT2D eigenvalue weighted by Gasteiger charge is -2.46. The summed E-state index contributed by atoms with van der Waals surface area (Å²) < 4.78 is 0. The van der Waals surface area contributed by atoms with Crippen LogP contribution < -0.4 is 16.0 Å². The van der Waals surface area contributed by atoms with Gasteiger partial charge in [0.1, 0.15) is 17.3 Å². The van der Waals surface area contributed by atoms with E-state index in [2.05, 4.69) is 16.4 Å². The van der Waals surface area contributed by atoms with Gasteiger partial charge in [-0.1, -0.05) is 31.5 Å². The normalized spacial score (nSPS) is 23.8. The second kappa shape index (κ2) is 6.54. The van der Waals surface area contributed by atoms with Gasteiger partial charge in [-0.05, 0) is 37.0 Å². The first-order chi connectivity index (χ1) is 15.2. The highest BCUT2D eigenvalue weighted by molar-refractivity contribution is 6.20. The topological polar surface area (TPSA) is 112 Å². The van der Waals surface area contributed by atoms with Gasteiger partial charge in [-0.25, -0.2) is 0 Å². The summed E-state index contributed by atoms with van der Waals surface area (Å²) >= 11 is 0. The second-order valence-corrected chi connectivity index (χ2v) is 9.43. The van der Waals surface area contributed by atoms with Crippen LogP contribution in [0.1, 0.15) is 37.8 Å². The number of anilines is 2. The molecule has 7 nitrogen and oxygen atoms in total. The summed E-state index contributed by atoms with van der Waals surface area (Å²) in [4.78, 5) is 33.3. The molecular weight excluding hydrogens is 402 g/mol. The number of hydrogen-bond donors (Lipinski definition) is 2. The number of fused-ring (bicyclic) bond motifs is 3. The Hall–Kier alpha value is -3.92. The molecule has 1 spiro atoms. The molecule has 3 heterocycles. The molecule has 5 rings (SSSR count). The van der Waals surface area contributed by atoms with Gasteiger partial charge in [0.25, 0.3) is 0 Å². The average molecular weight is 425 g/mol. The van der Waals surface area contributed by atoms with Crippen molar-refractivity contribution >= 4 is 23.1 Å². The fourth-order valence-corrected chi connectivity index (χ4v) is 5.31. The van der Waals surface area contributed by atoms with E-state index in [-0.39, 0.29) is 29.0 Å². The number of nitrogens with two attached hydrogens (primary N) is 1. The number of pyridine rings is 1. The highest BCUT2D eigenvalue weighted by atomic mass is 16.2.